The van der Waals surface area contributed by atoms with Crippen molar-refractivity contribution in [3.8, 4) is 16.9 Å². The van der Waals surface area contributed by atoms with Crippen molar-refractivity contribution in [2.45, 2.75) is 54.0 Å². The lowest BCUT2D eigenvalue weighted by atomic mass is 9.99. The number of pyridine rings is 1. The predicted octanol–water partition coefficient (Wildman–Crippen LogP) is 6.01. The Morgan fingerprint density at radius 1 is 1.02 bits per heavy atom. The minimum Gasteiger partial charge on any atom is -0.354 e. The van der Waals surface area contributed by atoms with Crippen LogP contribution in [0.4, 0.5) is 16.3 Å². The molecule has 0 fully saturated rings. The van der Waals surface area contributed by atoms with Gasteiger partial charge in [0.1, 0.15) is 5.82 Å². The third kappa shape index (κ3) is 7.17. The predicted molar refractivity (Wildman–Crippen MR) is 174 cm³/mol. The maximum atomic E-state index is 15.2. The lowest BCUT2D eigenvalue weighted by Gasteiger charge is -2.17. The van der Waals surface area contributed by atoms with Gasteiger partial charge < -0.3 is 15.6 Å². The topological polar surface area (TPSA) is 130 Å². The van der Waals surface area contributed by atoms with Crippen LogP contribution in [-0.2, 0) is 0 Å². The number of rotatable bonds is 10. The van der Waals surface area contributed by atoms with Crippen molar-refractivity contribution in [3.05, 3.63) is 93.8 Å². The fourth-order valence-electron chi connectivity index (χ4n) is 4.73. The summed E-state index contributed by atoms with van der Waals surface area (Å²) in [6, 6.07) is 13.4. The molecule has 5 rings (SSSR count). The number of aromatic amines is 1. The minimum absolute atomic E-state index is 0.133. The van der Waals surface area contributed by atoms with Crippen LogP contribution in [0.3, 0.4) is 0 Å². The highest BCUT2D eigenvalue weighted by molar-refractivity contribution is 6.05. The Bertz CT molecular complexity index is 1780. The summed E-state index contributed by atoms with van der Waals surface area (Å²) in [5.41, 5.74) is 3.00. The van der Waals surface area contributed by atoms with Gasteiger partial charge in [-0.15, -0.1) is 0 Å². The molecule has 44 heavy (non-hydrogen) atoms. The van der Waals surface area contributed by atoms with E-state index in [0.29, 0.717) is 52.3 Å². The largest absolute Gasteiger partial charge is 0.354 e. The summed E-state index contributed by atoms with van der Waals surface area (Å²) in [7, 11) is 0. The lowest BCUT2D eigenvalue weighted by molar-refractivity contribution is 0.102. The van der Waals surface area contributed by atoms with Gasteiger partial charge in [0.25, 0.3) is 11.5 Å². The van der Waals surface area contributed by atoms with Crippen LogP contribution in [0, 0.1) is 19.7 Å². The standard InChI is InChI=1S/C31H33FN8O2.C2H6/c1-18(2)33-13-6-14-34-31-37-26(23-17-21(10-9-19(23)3)29(42)39-30-35-15-16-36-30)22-11-12-25(41)40(28(22)38-31)27-20(4)7-5-8-24(27)32;1-2/h5,7-12,15-18,33H,6,13-14H2,1-4H3,(H,34,37,38)(H2,35,36,39,42);1-2H3. The van der Waals surface area contributed by atoms with Gasteiger partial charge in [-0.25, -0.2) is 14.4 Å². The second-order valence-electron chi connectivity index (χ2n) is 10.4. The van der Waals surface area contributed by atoms with Crippen molar-refractivity contribution in [2.24, 2.45) is 0 Å². The van der Waals surface area contributed by atoms with Gasteiger partial charge in [0.05, 0.1) is 11.4 Å². The van der Waals surface area contributed by atoms with E-state index in [1.54, 1.807) is 49.6 Å². The number of hydrogen-bond acceptors (Lipinski definition) is 7. The summed E-state index contributed by atoms with van der Waals surface area (Å²) in [6.45, 7) is 13.2. The summed E-state index contributed by atoms with van der Waals surface area (Å²) in [5.74, 6) is -0.260. The van der Waals surface area contributed by atoms with Gasteiger partial charge in [0.15, 0.2) is 5.65 Å². The van der Waals surface area contributed by atoms with E-state index >= 15 is 4.39 Å². The Kier molecular flexibility index (Phi) is 10.6. The van der Waals surface area contributed by atoms with E-state index in [2.05, 4.69) is 39.8 Å². The summed E-state index contributed by atoms with van der Waals surface area (Å²) in [5, 5.41) is 9.93. The van der Waals surface area contributed by atoms with E-state index in [4.69, 9.17) is 9.97 Å². The van der Waals surface area contributed by atoms with Crippen molar-refractivity contribution in [1.29, 1.82) is 0 Å². The van der Waals surface area contributed by atoms with Crippen molar-refractivity contribution in [1.82, 2.24) is 29.8 Å². The Morgan fingerprint density at radius 2 is 1.82 bits per heavy atom. The van der Waals surface area contributed by atoms with Crippen LogP contribution in [0.15, 0.2) is 65.7 Å². The molecule has 0 saturated heterocycles. The van der Waals surface area contributed by atoms with Crippen LogP contribution < -0.4 is 21.5 Å². The van der Waals surface area contributed by atoms with Crippen LogP contribution in [0.2, 0.25) is 0 Å². The quantitative estimate of drug-likeness (QED) is 0.145. The highest BCUT2D eigenvalue weighted by atomic mass is 19.1. The Balaban J connectivity index is 0.00000216. The number of halogens is 1. The number of para-hydroxylation sites is 1. The molecule has 10 nitrogen and oxygen atoms in total. The zero-order valence-corrected chi connectivity index (χ0v) is 26.0. The molecule has 0 spiro atoms. The Morgan fingerprint density at radius 3 is 2.52 bits per heavy atom. The first-order valence-corrected chi connectivity index (χ1v) is 14.8. The molecule has 5 aromatic rings. The number of fused-ring (bicyclic) bond motifs is 1. The van der Waals surface area contributed by atoms with Gasteiger partial charge in [0.2, 0.25) is 11.9 Å². The molecule has 3 aromatic heterocycles. The maximum absolute atomic E-state index is 15.2. The molecule has 0 aliphatic carbocycles. The van der Waals surface area contributed by atoms with E-state index in [1.807, 2.05) is 26.8 Å². The average Bonchev–Trinajstić information content (AvgIpc) is 3.51. The number of anilines is 2. The molecule has 0 saturated carbocycles. The Labute approximate surface area is 256 Å². The van der Waals surface area contributed by atoms with E-state index in [9.17, 15) is 9.59 Å². The van der Waals surface area contributed by atoms with Gasteiger partial charge in [-0.3, -0.25) is 19.5 Å². The maximum Gasteiger partial charge on any atom is 0.257 e. The van der Waals surface area contributed by atoms with E-state index in [0.717, 1.165) is 18.5 Å². The third-order valence-corrected chi connectivity index (χ3v) is 6.84. The molecule has 2 aromatic carbocycles. The summed E-state index contributed by atoms with van der Waals surface area (Å²) in [4.78, 5) is 42.8. The number of carbonyl (C=O) groups is 1. The van der Waals surface area contributed by atoms with Gasteiger partial charge >= 0.3 is 0 Å². The summed E-state index contributed by atoms with van der Waals surface area (Å²) >= 11 is 0. The molecule has 0 unspecified atom stereocenters. The molecule has 0 aliphatic heterocycles. The molecule has 0 aliphatic rings. The zero-order chi connectivity index (χ0) is 31.8. The van der Waals surface area contributed by atoms with E-state index in [1.165, 1.54) is 16.7 Å². The van der Waals surface area contributed by atoms with Gasteiger partial charge in [0, 0.05) is 47.6 Å². The Hall–Kier alpha value is -4.90. The molecule has 4 N–H and O–H groups in total. The van der Waals surface area contributed by atoms with E-state index < -0.39 is 11.4 Å². The molecule has 0 atom stereocenters. The summed E-state index contributed by atoms with van der Waals surface area (Å²) in [6.07, 6.45) is 3.98. The fourth-order valence-corrected chi connectivity index (χ4v) is 4.73. The highest BCUT2D eigenvalue weighted by Gasteiger charge is 2.20. The molecule has 0 radical (unpaired) electrons. The van der Waals surface area contributed by atoms with Gasteiger partial charge in [-0.1, -0.05) is 45.9 Å². The van der Waals surface area contributed by atoms with Gasteiger partial charge in [-0.05, 0) is 62.2 Å². The molecular weight excluding hydrogens is 559 g/mol. The second kappa shape index (κ2) is 14.5. The van der Waals surface area contributed by atoms with Crippen LogP contribution in [0.25, 0.3) is 28.0 Å². The number of imidazole rings is 1. The average molecular weight is 599 g/mol. The molecule has 230 valence electrons. The van der Waals surface area contributed by atoms with Crippen molar-refractivity contribution < 1.29 is 9.18 Å². The monoisotopic (exact) mass is 598 g/mol. The SMILES string of the molecule is CC.Cc1ccc(C(=O)Nc2ncc[nH]2)cc1-c1nc(NCCCNC(C)C)nc2c1ccc(=O)n2-c1c(C)cccc1F. The van der Waals surface area contributed by atoms with Crippen LogP contribution in [-0.4, -0.2) is 49.5 Å². The van der Waals surface area contributed by atoms with Crippen LogP contribution >= 0.6 is 0 Å². The zero-order valence-electron chi connectivity index (χ0n) is 26.0. The molecule has 3 heterocycles. The number of aromatic nitrogens is 5. The fraction of sp³-hybridized carbons (Fsp3) is 0.303. The number of amides is 1. The summed E-state index contributed by atoms with van der Waals surface area (Å²) < 4.78 is 16.5. The highest BCUT2D eigenvalue weighted by Crippen LogP contribution is 2.32. The number of aryl methyl sites for hydroxylation is 2. The first-order chi connectivity index (χ1) is 21.2. The van der Waals surface area contributed by atoms with Crippen LogP contribution in [0.5, 0.6) is 0 Å². The van der Waals surface area contributed by atoms with E-state index in [-0.39, 0.29) is 17.2 Å². The smallest absolute Gasteiger partial charge is 0.257 e. The van der Waals surface area contributed by atoms with Crippen molar-refractivity contribution >= 4 is 28.8 Å². The molecule has 0 bridgehead atoms. The number of carbonyl (C=O) groups excluding carboxylic acids is 1. The number of H-pyrrole nitrogens is 1. The number of nitrogens with zero attached hydrogens (tertiary/aromatic N) is 4. The number of nitrogens with one attached hydrogen (secondary N) is 4. The number of hydrogen-bond donors (Lipinski definition) is 4. The van der Waals surface area contributed by atoms with Crippen molar-refractivity contribution in [3.63, 3.8) is 0 Å². The lowest BCUT2D eigenvalue weighted by Crippen LogP contribution is -2.25. The first kappa shape index (κ1) is 32.0. The molecule has 1 amide bonds. The normalized spacial score (nSPS) is 10.9. The van der Waals surface area contributed by atoms with Crippen LogP contribution in [0.1, 0.15) is 55.6 Å². The molecular formula is C33H39FN8O2. The van der Waals surface area contributed by atoms with Crippen molar-refractivity contribution in [2.75, 3.05) is 23.7 Å². The van der Waals surface area contributed by atoms with Gasteiger partial charge in [-0.2, -0.15) is 4.98 Å². The first-order valence-electron chi connectivity index (χ1n) is 14.8. The second-order valence-corrected chi connectivity index (χ2v) is 10.4. The third-order valence-electron chi connectivity index (χ3n) is 6.84. The number of benzene rings is 2. The minimum atomic E-state index is -0.535. The molecule has 11 heteroatoms.